The molecular weight excluding hydrogens is 184 g/mol. The zero-order valence-electron chi connectivity index (χ0n) is 9.64. The molecule has 0 fully saturated rings. The van der Waals surface area contributed by atoms with Crippen LogP contribution >= 0.6 is 0 Å². The molecule has 2 nitrogen and oxygen atoms in total. The molecule has 1 aliphatic rings. The zero-order chi connectivity index (χ0) is 10.8. The van der Waals surface area contributed by atoms with Gasteiger partial charge in [0.1, 0.15) is 0 Å². The molecule has 0 saturated carbocycles. The molecule has 0 amide bonds. The Morgan fingerprint density at radius 3 is 2.53 bits per heavy atom. The molecule has 2 heteroatoms. The Morgan fingerprint density at radius 1 is 1.27 bits per heavy atom. The molecule has 0 aliphatic carbocycles. The van der Waals surface area contributed by atoms with Crippen molar-refractivity contribution in [2.24, 2.45) is 11.0 Å². The van der Waals surface area contributed by atoms with Crippen LogP contribution in [0.2, 0.25) is 0 Å². The van der Waals surface area contributed by atoms with Crippen molar-refractivity contribution in [1.82, 2.24) is 5.01 Å². The molecule has 1 heterocycles. The lowest BCUT2D eigenvalue weighted by Crippen LogP contribution is -2.21. The van der Waals surface area contributed by atoms with E-state index in [-0.39, 0.29) is 0 Å². The predicted molar refractivity (Wildman–Crippen MR) is 63.8 cm³/mol. The van der Waals surface area contributed by atoms with Gasteiger partial charge in [0, 0.05) is 18.7 Å². The van der Waals surface area contributed by atoms with Gasteiger partial charge < -0.3 is 0 Å². The fourth-order valence-corrected chi connectivity index (χ4v) is 2.49. The Hall–Kier alpha value is -1.31. The summed E-state index contributed by atoms with van der Waals surface area (Å²) in [5.41, 5.74) is 2.63. The summed E-state index contributed by atoms with van der Waals surface area (Å²) >= 11 is 0. The molecule has 0 N–H and O–H groups in total. The van der Waals surface area contributed by atoms with Crippen LogP contribution in [0.1, 0.15) is 31.9 Å². The molecule has 0 saturated heterocycles. The normalized spacial score (nSPS) is 25.5. The van der Waals surface area contributed by atoms with Crippen LogP contribution in [0.4, 0.5) is 0 Å². The Kier molecular flexibility index (Phi) is 2.76. The number of hydrazone groups is 1. The molecule has 15 heavy (non-hydrogen) atoms. The second kappa shape index (κ2) is 4.05. The summed E-state index contributed by atoms with van der Waals surface area (Å²) in [5, 5.41) is 6.65. The molecule has 2 rings (SSSR count). The first-order valence-electron chi connectivity index (χ1n) is 5.57. The quantitative estimate of drug-likeness (QED) is 0.719. The third kappa shape index (κ3) is 1.76. The second-order valence-corrected chi connectivity index (χ2v) is 4.19. The van der Waals surface area contributed by atoms with Gasteiger partial charge in [-0.2, -0.15) is 5.10 Å². The van der Waals surface area contributed by atoms with Crippen LogP contribution in [0.5, 0.6) is 0 Å². The minimum absolute atomic E-state index is 0.427. The fraction of sp³-hybridized carbons (Fsp3) is 0.462. The minimum atomic E-state index is 0.427. The lowest BCUT2D eigenvalue weighted by molar-refractivity contribution is 0.247. The average Bonchev–Trinajstić information content (AvgIpc) is 2.54. The number of hydrogen-bond acceptors (Lipinski definition) is 2. The summed E-state index contributed by atoms with van der Waals surface area (Å²) in [5.74, 6) is 0.567. The van der Waals surface area contributed by atoms with Gasteiger partial charge in [0.2, 0.25) is 0 Å². The molecule has 0 spiro atoms. The number of benzene rings is 1. The Balaban J connectivity index is 2.30. The summed E-state index contributed by atoms with van der Waals surface area (Å²) < 4.78 is 0. The van der Waals surface area contributed by atoms with E-state index in [0.717, 1.165) is 6.42 Å². The van der Waals surface area contributed by atoms with Crippen LogP contribution < -0.4 is 0 Å². The SMILES string of the molecule is CCC1C(C)=NN(C)C1c1ccccc1. The van der Waals surface area contributed by atoms with E-state index in [1.165, 1.54) is 11.3 Å². The summed E-state index contributed by atoms with van der Waals surface area (Å²) in [6.07, 6.45) is 1.15. The molecule has 0 bridgehead atoms. The molecule has 2 unspecified atom stereocenters. The van der Waals surface area contributed by atoms with Gasteiger partial charge in [-0.3, -0.25) is 5.01 Å². The van der Waals surface area contributed by atoms with Crippen molar-refractivity contribution in [2.45, 2.75) is 26.3 Å². The Bertz CT molecular complexity index is 356. The van der Waals surface area contributed by atoms with E-state index in [4.69, 9.17) is 0 Å². The Morgan fingerprint density at radius 2 is 1.93 bits per heavy atom. The lowest BCUT2D eigenvalue weighted by Gasteiger charge is -2.24. The maximum atomic E-state index is 4.55. The van der Waals surface area contributed by atoms with Crippen LogP contribution in [0.25, 0.3) is 0 Å². The van der Waals surface area contributed by atoms with Gasteiger partial charge >= 0.3 is 0 Å². The fourth-order valence-electron chi connectivity index (χ4n) is 2.49. The molecule has 80 valence electrons. The second-order valence-electron chi connectivity index (χ2n) is 4.19. The van der Waals surface area contributed by atoms with Crippen molar-refractivity contribution in [2.75, 3.05) is 7.05 Å². The van der Waals surface area contributed by atoms with Crippen LogP contribution in [0.15, 0.2) is 35.4 Å². The summed E-state index contributed by atoms with van der Waals surface area (Å²) in [4.78, 5) is 0. The van der Waals surface area contributed by atoms with E-state index >= 15 is 0 Å². The first-order chi connectivity index (χ1) is 7.24. The Labute approximate surface area is 91.6 Å². The van der Waals surface area contributed by atoms with E-state index in [0.29, 0.717) is 12.0 Å². The van der Waals surface area contributed by atoms with E-state index < -0.39 is 0 Å². The van der Waals surface area contributed by atoms with Crippen molar-refractivity contribution in [3.8, 4) is 0 Å². The predicted octanol–water partition coefficient (Wildman–Crippen LogP) is 3.08. The van der Waals surface area contributed by atoms with Crippen molar-refractivity contribution in [1.29, 1.82) is 0 Å². The average molecular weight is 202 g/mol. The van der Waals surface area contributed by atoms with Crippen molar-refractivity contribution in [3.63, 3.8) is 0 Å². The first-order valence-corrected chi connectivity index (χ1v) is 5.57. The van der Waals surface area contributed by atoms with Crippen LogP contribution in [0, 0.1) is 5.92 Å². The van der Waals surface area contributed by atoms with Gasteiger partial charge in [0.05, 0.1) is 6.04 Å². The van der Waals surface area contributed by atoms with E-state index in [2.05, 4.69) is 61.3 Å². The van der Waals surface area contributed by atoms with E-state index in [1.807, 2.05) is 0 Å². The third-order valence-electron chi connectivity index (χ3n) is 3.22. The maximum Gasteiger partial charge on any atom is 0.0797 e. The third-order valence-corrected chi connectivity index (χ3v) is 3.22. The van der Waals surface area contributed by atoms with Gasteiger partial charge in [-0.25, -0.2) is 0 Å². The zero-order valence-corrected chi connectivity index (χ0v) is 9.64. The highest BCUT2D eigenvalue weighted by molar-refractivity contribution is 5.86. The van der Waals surface area contributed by atoms with Crippen molar-refractivity contribution < 1.29 is 0 Å². The smallest absolute Gasteiger partial charge is 0.0797 e. The highest BCUT2D eigenvalue weighted by Crippen LogP contribution is 2.35. The monoisotopic (exact) mass is 202 g/mol. The molecule has 0 aromatic heterocycles. The maximum absolute atomic E-state index is 4.55. The summed E-state index contributed by atoms with van der Waals surface area (Å²) in [6, 6.07) is 11.1. The van der Waals surface area contributed by atoms with Crippen molar-refractivity contribution in [3.05, 3.63) is 35.9 Å². The molecule has 1 aromatic carbocycles. The van der Waals surface area contributed by atoms with Gasteiger partial charge in [-0.1, -0.05) is 37.3 Å². The van der Waals surface area contributed by atoms with E-state index in [1.54, 1.807) is 0 Å². The number of rotatable bonds is 2. The van der Waals surface area contributed by atoms with Crippen LogP contribution in [-0.4, -0.2) is 17.8 Å². The number of nitrogens with zero attached hydrogens (tertiary/aromatic N) is 2. The standard InChI is InChI=1S/C13H18N2/c1-4-12-10(2)14-15(3)13(12)11-8-6-5-7-9-11/h5-9,12-13H,4H2,1-3H3. The van der Waals surface area contributed by atoms with Gasteiger partial charge in [0.25, 0.3) is 0 Å². The largest absolute Gasteiger partial charge is 0.292 e. The minimum Gasteiger partial charge on any atom is -0.292 e. The molecule has 0 radical (unpaired) electrons. The summed E-state index contributed by atoms with van der Waals surface area (Å²) in [7, 11) is 2.07. The highest BCUT2D eigenvalue weighted by atomic mass is 15.5. The van der Waals surface area contributed by atoms with Gasteiger partial charge in [-0.05, 0) is 18.9 Å². The first kappa shape index (κ1) is 10.2. The topological polar surface area (TPSA) is 15.6 Å². The highest BCUT2D eigenvalue weighted by Gasteiger charge is 2.32. The molecule has 1 aromatic rings. The number of hydrogen-bond donors (Lipinski definition) is 0. The van der Waals surface area contributed by atoms with Crippen molar-refractivity contribution >= 4 is 5.71 Å². The summed E-state index contributed by atoms with van der Waals surface area (Å²) in [6.45, 7) is 4.37. The van der Waals surface area contributed by atoms with E-state index in [9.17, 15) is 0 Å². The molecule has 1 aliphatic heterocycles. The molecule has 2 atom stereocenters. The van der Waals surface area contributed by atoms with Gasteiger partial charge in [0.15, 0.2) is 0 Å². The molecular formula is C13H18N2. The van der Waals surface area contributed by atoms with Crippen LogP contribution in [-0.2, 0) is 0 Å². The lowest BCUT2D eigenvalue weighted by atomic mass is 9.89. The van der Waals surface area contributed by atoms with Crippen LogP contribution in [0.3, 0.4) is 0 Å². The van der Waals surface area contributed by atoms with Gasteiger partial charge in [-0.15, -0.1) is 0 Å².